The van der Waals surface area contributed by atoms with Crippen molar-refractivity contribution in [2.24, 2.45) is 0 Å². The van der Waals surface area contributed by atoms with Crippen LogP contribution in [0.5, 0.6) is 0 Å². The summed E-state index contributed by atoms with van der Waals surface area (Å²) in [5.74, 6) is 1.57. The van der Waals surface area contributed by atoms with Crippen LogP contribution in [0.4, 0.5) is 5.69 Å². The van der Waals surface area contributed by atoms with Crippen LogP contribution in [0.3, 0.4) is 0 Å². The normalized spacial score (nSPS) is 23.8. The van der Waals surface area contributed by atoms with Gasteiger partial charge in [0, 0.05) is 47.2 Å². The molecule has 0 bridgehead atoms. The highest BCUT2D eigenvalue weighted by Gasteiger charge is 2.17. The Morgan fingerprint density at radius 3 is 2.78 bits per heavy atom. The van der Waals surface area contributed by atoms with Crippen LogP contribution in [0.25, 0.3) is 0 Å². The van der Waals surface area contributed by atoms with Gasteiger partial charge in [-0.2, -0.15) is 0 Å². The van der Waals surface area contributed by atoms with Crippen LogP contribution < -0.4 is 10.9 Å². The predicted octanol–water partition coefficient (Wildman–Crippen LogP) is 1.58. The summed E-state index contributed by atoms with van der Waals surface area (Å²) < 4.78 is 13.0. The Bertz CT molecular complexity index is 474. The van der Waals surface area contributed by atoms with Gasteiger partial charge in [-0.3, -0.25) is 9.00 Å². The molecule has 0 radical (unpaired) electrons. The number of anilines is 1. The van der Waals surface area contributed by atoms with E-state index < -0.39 is 10.8 Å². The zero-order valence-electron chi connectivity index (χ0n) is 10.7. The Kier molecular flexibility index (Phi) is 4.58. The monoisotopic (exact) mass is 268 g/mol. The zero-order chi connectivity index (χ0) is 13.0. The van der Waals surface area contributed by atoms with Crippen LogP contribution in [0.15, 0.2) is 23.1 Å². The molecule has 1 N–H and O–H groups in total. The van der Waals surface area contributed by atoms with Gasteiger partial charge < -0.3 is 9.88 Å². The molecular weight excluding hydrogens is 248 g/mol. The number of nitrogens with one attached hydrogen (secondary N) is 1. The maximum absolute atomic E-state index is 11.6. The van der Waals surface area contributed by atoms with Gasteiger partial charge in [-0.15, -0.1) is 0 Å². The van der Waals surface area contributed by atoms with Crippen LogP contribution in [0.1, 0.15) is 26.2 Å². The quantitative estimate of drug-likeness (QED) is 0.902. The molecule has 5 heteroatoms. The van der Waals surface area contributed by atoms with E-state index in [0.29, 0.717) is 6.04 Å². The standard InChI is InChI=1S/C13H20N2O2S/c1-2-7-15-10-12(3-4-13(15)16)14-11-5-8-18(17)9-6-11/h3-4,10-11,14H,2,5-9H2,1H3. The second-order valence-electron chi connectivity index (χ2n) is 4.72. The molecule has 100 valence electrons. The summed E-state index contributed by atoms with van der Waals surface area (Å²) in [6.07, 6.45) is 4.72. The molecule has 2 heterocycles. The van der Waals surface area contributed by atoms with Gasteiger partial charge >= 0.3 is 0 Å². The number of hydrogen-bond donors (Lipinski definition) is 1. The maximum atomic E-state index is 11.6. The molecule has 1 aliphatic rings. The van der Waals surface area contributed by atoms with E-state index in [9.17, 15) is 9.00 Å². The first-order valence-electron chi connectivity index (χ1n) is 6.51. The minimum atomic E-state index is -0.625. The number of pyridine rings is 1. The van der Waals surface area contributed by atoms with Crippen molar-refractivity contribution < 1.29 is 4.21 Å². The van der Waals surface area contributed by atoms with E-state index in [2.05, 4.69) is 12.2 Å². The van der Waals surface area contributed by atoms with Gasteiger partial charge in [0.05, 0.1) is 5.69 Å². The highest BCUT2D eigenvalue weighted by molar-refractivity contribution is 7.85. The van der Waals surface area contributed by atoms with Crippen molar-refractivity contribution in [1.82, 2.24) is 4.57 Å². The summed E-state index contributed by atoms with van der Waals surface area (Å²) in [5, 5.41) is 3.43. The SMILES string of the molecule is CCCn1cc(NC2CCS(=O)CC2)ccc1=O. The van der Waals surface area contributed by atoms with E-state index in [-0.39, 0.29) is 5.56 Å². The van der Waals surface area contributed by atoms with Crippen LogP contribution >= 0.6 is 0 Å². The lowest BCUT2D eigenvalue weighted by Gasteiger charge is -2.23. The average Bonchev–Trinajstić information content (AvgIpc) is 2.37. The molecule has 1 saturated heterocycles. The van der Waals surface area contributed by atoms with Crippen LogP contribution in [-0.2, 0) is 17.3 Å². The van der Waals surface area contributed by atoms with Gasteiger partial charge in [0.15, 0.2) is 0 Å². The van der Waals surface area contributed by atoms with Crippen LogP contribution in [-0.4, -0.2) is 26.3 Å². The number of aromatic nitrogens is 1. The van der Waals surface area contributed by atoms with E-state index in [1.54, 1.807) is 10.6 Å². The summed E-state index contributed by atoms with van der Waals surface area (Å²) in [5.41, 5.74) is 1.04. The van der Waals surface area contributed by atoms with Gasteiger partial charge in [-0.25, -0.2) is 0 Å². The molecule has 2 rings (SSSR count). The van der Waals surface area contributed by atoms with Gasteiger partial charge in [0.1, 0.15) is 0 Å². The molecule has 0 aromatic carbocycles. The lowest BCUT2D eigenvalue weighted by Crippen LogP contribution is -2.30. The van der Waals surface area contributed by atoms with Crippen molar-refractivity contribution in [3.05, 3.63) is 28.7 Å². The molecule has 0 unspecified atom stereocenters. The minimum Gasteiger partial charge on any atom is -0.381 e. The van der Waals surface area contributed by atoms with Crippen LogP contribution in [0, 0.1) is 0 Å². The third-order valence-corrected chi connectivity index (χ3v) is 4.59. The third kappa shape index (κ3) is 3.45. The highest BCUT2D eigenvalue weighted by Crippen LogP contribution is 2.15. The van der Waals surface area contributed by atoms with Crippen molar-refractivity contribution in [1.29, 1.82) is 0 Å². The molecule has 18 heavy (non-hydrogen) atoms. The Hall–Kier alpha value is -1.10. The fraction of sp³-hybridized carbons (Fsp3) is 0.615. The number of rotatable bonds is 4. The topological polar surface area (TPSA) is 51.1 Å². The van der Waals surface area contributed by atoms with Gasteiger partial charge in [-0.05, 0) is 25.3 Å². The minimum absolute atomic E-state index is 0.0483. The second kappa shape index (κ2) is 6.18. The number of aryl methyl sites for hydroxylation is 1. The molecule has 0 spiro atoms. The van der Waals surface area contributed by atoms with E-state index in [4.69, 9.17) is 0 Å². The Labute approximate surface area is 110 Å². The molecule has 1 fully saturated rings. The Morgan fingerprint density at radius 2 is 2.11 bits per heavy atom. The van der Waals surface area contributed by atoms with Crippen molar-refractivity contribution in [2.45, 2.75) is 38.8 Å². The van der Waals surface area contributed by atoms with E-state index >= 15 is 0 Å². The highest BCUT2D eigenvalue weighted by atomic mass is 32.2. The summed E-state index contributed by atoms with van der Waals surface area (Å²) in [6.45, 7) is 2.81. The molecule has 1 aliphatic heterocycles. The van der Waals surface area contributed by atoms with E-state index in [0.717, 1.165) is 43.0 Å². The third-order valence-electron chi connectivity index (χ3n) is 3.21. The molecular formula is C13H20N2O2S. The summed E-state index contributed by atoms with van der Waals surface area (Å²) in [4.78, 5) is 11.6. The van der Waals surface area contributed by atoms with Crippen molar-refractivity contribution in [2.75, 3.05) is 16.8 Å². The summed E-state index contributed by atoms with van der Waals surface area (Å²) in [6, 6.07) is 3.83. The second-order valence-corrected chi connectivity index (χ2v) is 6.41. The van der Waals surface area contributed by atoms with Gasteiger partial charge in [-0.1, -0.05) is 6.92 Å². The fourth-order valence-electron chi connectivity index (χ4n) is 2.21. The smallest absolute Gasteiger partial charge is 0.250 e. The van der Waals surface area contributed by atoms with E-state index in [1.165, 1.54) is 0 Å². The maximum Gasteiger partial charge on any atom is 0.250 e. The number of nitrogens with zero attached hydrogens (tertiary/aromatic N) is 1. The van der Waals surface area contributed by atoms with E-state index in [1.807, 2.05) is 12.3 Å². The zero-order valence-corrected chi connectivity index (χ0v) is 11.5. The molecule has 0 saturated carbocycles. The van der Waals surface area contributed by atoms with Crippen molar-refractivity contribution in [3.63, 3.8) is 0 Å². The first-order valence-corrected chi connectivity index (χ1v) is 8.00. The first-order chi connectivity index (χ1) is 8.69. The predicted molar refractivity (Wildman–Crippen MR) is 75.5 cm³/mol. The van der Waals surface area contributed by atoms with Gasteiger partial charge in [0.25, 0.3) is 5.56 Å². The average molecular weight is 268 g/mol. The molecule has 0 aliphatic carbocycles. The summed E-state index contributed by atoms with van der Waals surface area (Å²) >= 11 is 0. The largest absolute Gasteiger partial charge is 0.381 e. The number of hydrogen-bond acceptors (Lipinski definition) is 3. The lowest BCUT2D eigenvalue weighted by molar-refractivity contribution is 0.620. The first kappa shape index (κ1) is 13.3. The van der Waals surface area contributed by atoms with Crippen LogP contribution in [0.2, 0.25) is 0 Å². The molecule has 4 nitrogen and oxygen atoms in total. The fourth-order valence-corrected chi connectivity index (χ4v) is 3.51. The lowest BCUT2D eigenvalue weighted by atomic mass is 10.1. The Morgan fingerprint density at radius 1 is 1.39 bits per heavy atom. The van der Waals surface area contributed by atoms with Crippen molar-refractivity contribution in [3.8, 4) is 0 Å². The molecule has 1 aromatic rings. The molecule has 0 amide bonds. The van der Waals surface area contributed by atoms with Crippen molar-refractivity contribution >= 4 is 16.5 Å². The van der Waals surface area contributed by atoms with Gasteiger partial charge in [0.2, 0.25) is 0 Å². The Balaban J connectivity index is 2.03. The molecule has 0 atom stereocenters. The molecule has 1 aromatic heterocycles. The summed E-state index contributed by atoms with van der Waals surface area (Å²) in [7, 11) is -0.625.